The maximum atomic E-state index is 13.6. The second-order valence-electron chi connectivity index (χ2n) is 7.65. The molecule has 1 aliphatic heterocycles. The third-order valence-electron chi connectivity index (χ3n) is 6.09. The molecule has 138 valence electrons. The summed E-state index contributed by atoms with van der Waals surface area (Å²) in [4.78, 5) is 20.5. The Kier molecular flexibility index (Phi) is 4.81. The first-order valence-electron chi connectivity index (χ1n) is 9.79. The molecule has 26 heavy (non-hydrogen) atoms. The Morgan fingerprint density at radius 2 is 1.81 bits per heavy atom. The lowest BCUT2D eigenvalue weighted by atomic mass is 9.93. The number of aryl methyl sites for hydroxylation is 1. The van der Waals surface area contributed by atoms with E-state index in [1.807, 2.05) is 36.0 Å². The summed E-state index contributed by atoms with van der Waals surface area (Å²) in [5.41, 5.74) is 0.749. The molecule has 1 aromatic carbocycles. The van der Waals surface area contributed by atoms with E-state index in [0.717, 1.165) is 50.2 Å². The van der Waals surface area contributed by atoms with Gasteiger partial charge in [-0.1, -0.05) is 43.2 Å². The van der Waals surface area contributed by atoms with Gasteiger partial charge in [-0.2, -0.15) is 0 Å². The van der Waals surface area contributed by atoms with E-state index in [0.29, 0.717) is 0 Å². The molecule has 1 amide bonds. The Morgan fingerprint density at radius 3 is 2.42 bits per heavy atom. The summed E-state index contributed by atoms with van der Waals surface area (Å²) in [7, 11) is 1.98. The Balaban J connectivity index is 1.64. The minimum atomic E-state index is -0.325. The van der Waals surface area contributed by atoms with Gasteiger partial charge in [0.1, 0.15) is 17.4 Å². The van der Waals surface area contributed by atoms with Crippen molar-refractivity contribution in [1.29, 1.82) is 0 Å². The van der Waals surface area contributed by atoms with E-state index in [-0.39, 0.29) is 17.5 Å². The molecule has 5 heteroatoms. The number of likely N-dealkylation sites (tertiary alicyclic amines) is 1. The van der Waals surface area contributed by atoms with Crippen LogP contribution >= 0.6 is 0 Å². The number of amides is 1. The number of aromatic nitrogens is 2. The molecule has 2 aromatic rings. The van der Waals surface area contributed by atoms with E-state index in [2.05, 4.69) is 27.3 Å². The van der Waals surface area contributed by atoms with Crippen LogP contribution in [0.5, 0.6) is 0 Å². The van der Waals surface area contributed by atoms with Crippen LogP contribution in [-0.2, 0) is 11.8 Å². The normalized spacial score (nSPS) is 21.0. The van der Waals surface area contributed by atoms with Crippen LogP contribution in [0.4, 0.5) is 0 Å². The number of rotatable bonds is 5. The Morgan fingerprint density at radius 1 is 1.12 bits per heavy atom. The minimum absolute atomic E-state index is 0.175. The monoisotopic (exact) mass is 352 g/mol. The molecule has 2 aliphatic rings. The van der Waals surface area contributed by atoms with Crippen LogP contribution in [0.1, 0.15) is 56.0 Å². The van der Waals surface area contributed by atoms with Gasteiger partial charge in [0, 0.05) is 19.4 Å². The second kappa shape index (κ2) is 7.23. The van der Waals surface area contributed by atoms with E-state index in [1.54, 1.807) is 6.20 Å². The maximum Gasteiger partial charge on any atom is 0.241 e. The minimum Gasteiger partial charge on any atom is -0.340 e. The van der Waals surface area contributed by atoms with Crippen molar-refractivity contribution >= 4 is 5.91 Å². The van der Waals surface area contributed by atoms with Gasteiger partial charge < -0.3 is 9.88 Å². The van der Waals surface area contributed by atoms with Crippen molar-refractivity contribution < 1.29 is 4.79 Å². The number of benzene rings is 1. The van der Waals surface area contributed by atoms with Gasteiger partial charge in [0.05, 0.1) is 0 Å². The molecule has 4 rings (SSSR count). The number of nitrogens with one attached hydrogen (secondary N) is 1. The lowest BCUT2D eigenvalue weighted by Gasteiger charge is -2.38. The Hall–Kier alpha value is -2.14. The topological polar surface area (TPSA) is 50.2 Å². The van der Waals surface area contributed by atoms with E-state index in [9.17, 15) is 4.79 Å². The standard InChI is InChI=1S/C21H28N4O/c1-24-16-13-22-19(24)18(17-9-3-2-4-10-17)23-20(26)21(11-5-6-12-21)25-14-7-8-15-25/h2-4,9-10,13,16,18H,5-8,11-12,14-15H2,1H3,(H,23,26). The highest BCUT2D eigenvalue weighted by molar-refractivity contribution is 5.87. The summed E-state index contributed by atoms with van der Waals surface area (Å²) >= 11 is 0. The predicted molar refractivity (Wildman–Crippen MR) is 102 cm³/mol. The molecule has 1 saturated heterocycles. The fourth-order valence-electron chi connectivity index (χ4n) is 4.66. The number of hydrogen-bond donors (Lipinski definition) is 1. The molecule has 0 bridgehead atoms. The van der Waals surface area contributed by atoms with Crippen LogP contribution in [0.2, 0.25) is 0 Å². The van der Waals surface area contributed by atoms with Crippen molar-refractivity contribution in [3.05, 3.63) is 54.1 Å². The van der Waals surface area contributed by atoms with Gasteiger partial charge in [-0.05, 0) is 44.3 Å². The second-order valence-corrected chi connectivity index (χ2v) is 7.65. The molecule has 0 spiro atoms. The fraction of sp³-hybridized carbons (Fsp3) is 0.524. The fourth-order valence-corrected chi connectivity index (χ4v) is 4.66. The SMILES string of the molecule is Cn1ccnc1C(NC(=O)C1(N2CCCC2)CCCC1)c1ccccc1. The molecular weight excluding hydrogens is 324 g/mol. The molecule has 1 N–H and O–H groups in total. The van der Waals surface area contributed by atoms with Gasteiger partial charge in [-0.25, -0.2) is 4.98 Å². The number of nitrogens with zero attached hydrogens (tertiary/aromatic N) is 3. The van der Waals surface area contributed by atoms with Gasteiger partial charge in [0.15, 0.2) is 0 Å². The maximum absolute atomic E-state index is 13.6. The quantitative estimate of drug-likeness (QED) is 0.900. The number of imidazole rings is 1. The first kappa shape index (κ1) is 17.3. The molecule has 1 atom stereocenters. The van der Waals surface area contributed by atoms with Crippen LogP contribution in [0.3, 0.4) is 0 Å². The smallest absolute Gasteiger partial charge is 0.241 e. The van der Waals surface area contributed by atoms with Crippen molar-refractivity contribution in [2.24, 2.45) is 7.05 Å². The van der Waals surface area contributed by atoms with Crippen LogP contribution in [0.15, 0.2) is 42.7 Å². The molecule has 2 heterocycles. The first-order chi connectivity index (χ1) is 12.7. The molecule has 1 aromatic heterocycles. The lowest BCUT2D eigenvalue weighted by molar-refractivity contribution is -0.133. The van der Waals surface area contributed by atoms with E-state index < -0.39 is 0 Å². The summed E-state index contributed by atoms with van der Waals surface area (Å²) in [6, 6.07) is 9.95. The van der Waals surface area contributed by atoms with Gasteiger partial charge in [0.2, 0.25) is 5.91 Å². The molecule has 5 nitrogen and oxygen atoms in total. The van der Waals surface area contributed by atoms with Crippen molar-refractivity contribution in [1.82, 2.24) is 19.8 Å². The van der Waals surface area contributed by atoms with Crippen molar-refractivity contribution in [3.63, 3.8) is 0 Å². The molecule has 1 aliphatic carbocycles. The van der Waals surface area contributed by atoms with Crippen molar-refractivity contribution in [2.75, 3.05) is 13.1 Å². The third kappa shape index (κ3) is 3.05. The van der Waals surface area contributed by atoms with Gasteiger partial charge in [0.25, 0.3) is 0 Å². The van der Waals surface area contributed by atoms with Crippen LogP contribution in [0, 0.1) is 0 Å². The van der Waals surface area contributed by atoms with Crippen molar-refractivity contribution in [3.8, 4) is 0 Å². The highest BCUT2D eigenvalue weighted by Crippen LogP contribution is 2.38. The summed E-state index contributed by atoms with van der Waals surface area (Å²) in [5, 5.41) is 3.37. The number of carbonyl (C=O) groups is 1. The van der Waals surface area contributed by atoms with Crippen LogP contribution < -0.4 is 5.32 Å². The highest BCUT2D eigenvalue weighted by atomic mass is 16.2. The average molecular weight is 352 g/mol. The highest BCUT2D eigenvalue weighted by Gasteiger charge is 2.47. The first-order valence-corrected chi connectivity index (χ1v) is 9.79. The molecule has 1 saturated carbocycles. The largest absolute Gasteiger partial charge is 0.340 e. The van der Waals surface area contributed by atoms with Gasteiger partial charge in [-0.15, -0.1) is 0 Å². The number of hydrogen-bond acceptors (Lipinski definition) is 3. The molecule has 0 radical (unpaired) electrons. The average Bonchev–Trinajstić information content (AvgIpc) is 3.41. The molecular formula is C21H28N4O. The van der Waals surface area contributed by atoms with Crippen LogP contribution in [0.25, 0.3) is 0 Å². The Bertz CT molecular complexity index is 742. The zero-order valence-corrected chi connectivity index (χ0v) is 15.5. The van der Waals surface area contributed by atoms with E-state index >= 15 is 0 Å². The number of carbonyl (C=O) groups excluding carboxylic acids is 1. The summed E-state index contributed by atoms with van der Waals surface area (Å²) in [6.45, 7) is 2.09. The summed E-state index contributed by atoms with van der Waals surface area (Å²) in [6.07, 6.45) is 10.4. The van der Waals surface area contributed by atoms with Crippen molar-refractivity contribution in [2.45, 2.75) is 50.1 Å². The van der Waals surface area contributed by atoms with Gasteiger partial charge in [-0.3, -0.25) is 9.69 Å². The van der Waals surface area contributed by atoms with Crippen LogP contribution in [-0.4, -0.2) is 39.0 Å². The molecule has 1 unspecified atom stereocenters. The summed E-state index contributed by atoms with van der Waals surface area (Å²) in [5.74, 6) is 1.05. The molecule has 2 fully saturated rings. The third-order valence-corrected chi connectivity index (χ3v) is 6.09. The lowest BCUT2D eigenvalue weighted by Crippen LogP contribution is -2.57. The zero-order chi connectivity index (χ0) is 18.0. The summed E-state index contributed by atoms with van der Waals surface area (Å²) < 4.78 is 2.00. The van der Waals surface area contributed by atoms with E-state index in [1.165, 1.54) is 12.8 Å². The zero-order valence-electron chi connectivity index (χ0n) is 15.5. The van der Waals surface area contributed by atoms with Gasteiger partial charge >= 0.3 is 0 Å². The Labute approximate surface area is 155 Å². The predicted octanol–water partition coefficient (Wildman–Crippen LogP) is 3.03. The van der Waals surface area contributed by atoms with E-state index in [4.69, 9.17) is 0 Å².